The molecule has 1 unspecified atom stereocenters. The predicted octanol–water partition coefficient (Wildman–Crippen LogP) is 0.983. The minimum absolute atomic E-state index is 0.162. The average molecular weight is 178 g/mol. The Hall–Kier alpha value is -0.220. The Bertz CT molecular complexity index is 112. The van der Waals surface area contributed by atoms with Gasteiger partial charge in [0.15, 0.2) is 0 Å². The SMILES string of the molecule is FC(F)CNC1CCCNCC1. The van der Waals surface area contributed by atoms with E-state index in [0.717, 1.165) is 32.4 Å². The van der Waals surface area contributed by atoms with Crippen LogP contribution in [-0.4, -0.2) is 32.1 Å². The van der Waals surface area contributed by atoms with Gasteiger partial charge in [-0.3, -0.25) is 0 Å². The second-order valence-electron chi connectivity index (χ2n) is 3.18. The minimum Gasteiger partial charge on any atom is -0.317 e. The zero-order chi connectivity index (χ0) is 8.81. The maximum Gasteiger partial charge on any atom is 0.250 e. The van der Waals surface area contributed by atoms with Gasteiger partial charge in [0.2, 0.25) is 0 Å². The van der Waals surface area contributed by atoms with E-state index < -0.39 is 6.43 Å². The molecular weight excluding hydrogens is 162 g/mol. The highest BCUT2D eigenvalue weighted by atomic mass is 19.3. The summed E-state index contributed by atoms with van der Waals surface area (Å²) < 4.78 is 23.6. The Labute approximate surface area is 71.7 Å². The highest BCUT2D eigenvalue weighted by molar-refractivity contribution is 4.72. The molecule has 4 heteroatoms. The Morgan fingerprint density at radius 3 is 2.92 bits per heavy atom. The average Bonchev–Trinajstić information content (AvgIpc) is 2.28. The van der Waals surface area contributed by atoms with Gasteiger partial charge >= 0.3 is 0 Å². The van der Waals surface area contributed by atoms with Crippen molar-refractivity contribution in [1.82, 2.24) is 10.6 Å². The predicted molar refractivity (Wildman–Crippen MR) is 44.5 cm³/mol. The standard InChI is InChI=1S/C8H16F2N2/c9-8(10)6-12-7-2-1-4-11-5-3-7/h7-8,11-12H,1-6H2. The maximum atomic E-state index is 11.8. The van der Waals surface area contributed by atoms with E-state index in [0.29, 0.717) is 0 Å². The van der Waals surface area contributed by atoms with E-state index in [9.17, 15) is 8.78 Å². The molecule has 12 heavy (non-hydrogen) atoms. The van der Waals surface area contributed by atoms with Crippen molar-refractivity contribution in [2.45, 2.75) is 31.7 Å². The first-order valence-corrected chi connectivity index (χ1v) is 4.51. The summed E-state index contributed by atoms with van der Waals surface area (Å²) in [5, 5.41) is 6.11. The summed E-state index contributed by atoms with van der Waals surface area (Å²) in [6.45, 7) is 1.80. The first-order chi connectivity index (χ1) is 5.79. The Kier molecular flexibility index (Phi) is 4.46. The van der Waals surface area contributed by atoms with Gasteiger partial charge in [-0.2, -0.15) is 0 Å². The number of hydrogen-bond donors (Lipinski definition) is 2. The molecule has 2 nitrogen and oxygen atoms in total. The van der Waals surface area contributed by atoms with Crippen molar-refractivity contribution in [2.24, 2.45) is 0 Å². The van der Waals surface area contributed by atoms with Crippen LogP contribution in [-0.2, 0) is 0 Å². The molecule has 0 radical (unpaired) electrons. The van der Waals surface area contributed by atoms with Crippen LogP contribution in [0.1, 0.15) is 19.3 Å². The summed E-state index contributed by atoms with van der Waals surface area (Å²) in [6.07, 6.45) is 0.842. The summed E-state index contributed by atoms with van der Waals surface area (Å²) in [5.74, 6) is 0. The van der Waals surface area contributed by atoms with E-state index in [-0.39, 0.29) is 12.6 Å². The highest BCUT2D eigenvalue weighted by Crippen LogP contribution is 2.05. The molecule has 2 N–H and O–H groups in total. The van der Waals surface area contributed by atoms with Crippen LogP contribution in [0.2, 0.25) is 0 Å². The van der Waals surface area contributed by atoms with Gasteiger partial charge in [0.25, 0.3) is 6.43 Å². The molecule has 0 bridgehead atoms. The third-order valence-electron chi connectivity index (χ3n) is 2.14. The number of hydrogen-bond acceptors (Lipinski definition) is 2. The van der Waals surface area contributed by atoms with Crippen molar-refractivity contribution in [3.63, 3.8) is 0 Å². The number of halogens is 2. The monoisotopic (exact) mass is 178 g/mol. The molecule has 72 valence electrons. The fourth-order valence-electron chi connectivity index (χ4n) is 1.48. The molecule has 1 heterocycles. The van der Waals surface area contributed by atoms with E-state index in [1.807, 2.05) is 0 Å². The summed E-state index contributed by atoms with van der Waals surface area (Å²) in [6, 6.07) is 0.286. The van der Waals surface area contributed by atoms with E-state index in [1.165, 1.54) is 0 Å². The van der Waals surface area contributed by atoms with Gasteiger partial charge in [-0.15, -0.1) is 0 Å². The number of nitrogens with one attached hydrogen (secondary N) is 2. The zero-order valence-corrected chi connectivity index (χ0v) is 7.15. The smallest absolute Gasteiger partial charge is 0.250 e. The quantitative estimate of drug-likeness (QED) is 0.673. The summed E-state index contributed by atoms with van der Waals surface area (Å²) in [7, 11) is 0. The third-order valence-corrected chi connectivity index (χ3v) is 2.14. The molecular formula is C8H16F2N2. The van der Waals surface area contributed by atoms with Crippen molar-refractivity contribution in [1.29, 1.82) is 0 Å². The lowest BCUT2D eigenvalue weighted by molar-refractivity contribution is 0.140. The molecule has 0 aromatic rings. The Balaban J connectivity index is 2.12. The lowest BCUT2D eigenvalue weighted by Gasteiger charge is -2.14. The Morgan fingerprint density at radius 1 is 1.33 bits per heavy atom. The van der Waals surface area contributed by atoms with Crippen LogP contribution >= 0.6 is 0 Å². The minimum atomic E-state index is -2.22. The highest BCUT2D eigenvalue weighted by Gasteiger charge is 2.12. The Morgan fingerprint density at radius 2 is 2.17 bits per heavy atom. The summed E-state index contributed by atoms with van der Waals surface area (Å²) >= 11 is 0. The van der Waals surface area contributed by atoms with Crippen LogP contribution in [0.4, 0.5) is 8.78 Å². The van der Waals surface area contributed by atoms with Crippen LogP contribution in [0.5, 0.6) is 0 Å². The summed E-state index contributed by atoms with van der Waals surface area (Å²) in [5.41, 5.74) is 0. The second-order valence-corrected chi connectivity index (χ2v) is 3.18. The number of rotatable bonds is 3. The molecule has 0 saturated carbocycles. The molecule has 0 aromatic heterocycles. The molecule has 0 aromatic carbocycles. The van der Waals surface area contributed by atoms with Crippen LogP contribution in [0.25, 0.3) is 0 Å². The number of alkyl halides is 2. The van der Waals surface area contributed by atoms with Crippen LogP contribution in [0.15, 0.2) is 0 Å². The van der Waals surface area contributed by atoms with Crippen molar-refractivity contribution in [2.75, 3.05) is 19.6 Å². The lowest BCUT2D eigenvalue weighted by Crippen LogP contribution is -2.33. The normalized spacial score (nSPS) is 25.8. The van der Waals surface area contributed by atoms with Gasteiger partial charge in [-0.05, 0) is 32.4 Å². The van der Waals surface area contributed by atoms with Crippen molar-refractivity contribution in [3.8, 4) is 0 Å². The van der Waals surface area contributed by atoms with E-state index >= 15 is 0 Å². The van der Waals surface area contributed by atoms with Crippen LogP contribution < -0.4 is 10.6 Å². The van der Waals surface area contributed by atoms with Crippen molar-refractivity contribution >= 4 is 0 Å². The van der Waals surface area contributed by atoms with E-state index in [2.05, 4.69) is 10.6 Å². The van der Waals surface area contributed by atoms with Crippen molar-refractivity contribution in [3.05, 3.63) is 0 Å². The van der Waals surface area contributed by atoms with Gasteiger partial charge in [0.1, 0.15) is 0 Å². The third kappa shape index (κ3) is 3.97. The molecule has 1 rings (SSSR count). The van der Waals surface area contributed by atoms with E-state index in [4.69, 9.17) is 0 Å². The molecule has 1 fully saturated rings. The van der Waals surface area contributed by atoms with Crippen molar-refractivity contribution < 1.29 is 8.78 Å². The topological polar surface area (TPSA) is 24.1 Å². The van der Waals surface area contributed by atoms with Crippen LogP contribution in [0.3, 0.4) is 0 Å². The fourth-order valence-corrected chi connectivity index (χ4v) is 1.48. The molecule has 0 amide bonds. The molecule has 1 saturated heterocycles. The molecule has 1 aliphatic rings. The molecule has 1 atom stereocenters. The summed E-state index contributed by atoms with van der Waals surface area (Å²) in [4.78, 5) is 0. The first-order valence-electron chi connectivity index (χ1n) is 4.51. The fraction of sp³-hybridized carbons (Fsp3) is 1.00. The van der Waals surface area contributed by atoms with E-state index in [1.54, 1.807) is 0 Å². The molecule has 0 spiro atoms. The van der Waals surface area contributed by atoms with Gasteiger partial charge in [-0.1, -0.05) is 0 Å². The second kappa shape index (κ2) is 5.43. The molecule has 0 aliphatic carbocycles. The van der Waals surface area contributed by atoms with Gasteiger partial charge in [-0.25, -0.2) is 8.78 Å². The zero-order valence-electron chi connectivity index (χ0n) is 7.15. The van der Waals surface area contributed by atoms with Gasteiger partial charge < -0.3 is 10.6 Å². The lowest BCUT2D eigenvalue weighted by atomic mass is 10.1. The van der Waals surface area contributed by atoms with Gasteiger partial charge in [0, 0.05) is 6.04 Å². The van der Waals surface area contributed by atoms with Gasteiger partial charge in [0.05, 0.1) is 6.54 Å². The maximum absolute atomic E-state index is 11.8. The van der Waals surface area contributed by atoms with Crippen LogP contribution in [0, 0.1) is 0 Å². The largest absolute Gasteiger partial charge is 0.317 e. The first kappa shape index (κ1) is 9.86. The molecule has 1 aliphatic heterocycles.